The average Bonchev–Trinajstić information content (AvgIpc) is 3.23. The van der Waals surface area contributed by atoms with Crippen molar-refractivity contribution in [1.82, 2.24) is 0 Å². The fourth-order valence-electron chi connectivity index (χ4n) is 11.9. The van der Waals surface area contributed by atoms with Crippen LogP contribution in [0.4, 0.5) is 0 Å². The van der Waals surface area contributed by atoms with E-state index in [1.54, 1.807) is 0 Å². The Morgan fingerprint density at radius 1 is 0.865 bits per heavy atom. The van der Waals surface area contributed by atoms with Crippen LogP contribution < -0.4 is 0 Å². The molecule has 4 nitrogen and oxygen atoms in total. The summed E-state index contributed by atoms with van der Waals surface area (Å²) < 4.78 is 6.03. The number of rotatable bonds is 4. The van der Waals surface area contributed by atoms with Crippen LogP contribution >= 0.6 is 0 Å². The van der Waals surface area contributed by atoms with E-state index >= 15 is 0 Å². The second-order valence-electron chi connectivity index (χ2n) is 15.3. The maximum absolute atomic E-state index is 12.8. The molecule has 0 aromatic heterocycles. The molecule has 37 heavy (non-hydrogen) atoms. The van der Waals surface area contributed by atoms with E-state index in [1.807, 2.05) is 6.92 Å². The summed E-state index contributed by atoms with van der Waals surface area (Å²) in [5, 5.41) is 10.6. The quantitative estimate of drug-likeness (QED) is 0.306. The van der Waals surface area contributed by atoms with Crippen LogP contribution in [0, 0.1) is 56.7 Å². The van der Waals surface area contributed by atoms with Crippen LogP contribution in [0.5, 0.6) is 0 Å². The highest BCUT2D eigenvalue weighted by molar-refractivity contribution is 5.76. The normalized spacial score (nSPS) is 50.1. The second-order valence-corrected chi connectivity index (χ2v) is 15.3. The van der Waals surface area contributed by atoms with Gasteiger partial charge in [0.15, 0.2) is 0 Å². The molecule has 5 aliphatic carbocycles. The van der Waals surface area contributed by atoms with E-state index in [4.69, 9.17) is 4.74 Å². The van der Waals surface area contributed by atoms with Gasteiger partial charge in [0.25, 0.3) is 0 Å². The molecular formula is C33H52O4. The fourth-order valence-corrected chi connectivity index (χ4v) is 11.9. The van der Waals surface area contributed by atoms with Crippen molar-refractivity contribution in [2.24, 2.45) is 56.7 Å². The molecule has 4 heteroatoms. The maximum Gasteiger partial charge on any atom is 0.309 e. The maximum atomic E-state index is 12.8. The van der Waals surface area contributed by atoms with Crippen LogP contribution in [0.15, 0.2) is 12.2 Å². The monoisotopic (exact) mass is 512 g/mol. The topological polar surface area (TPSA) is 63.6 Å². The van der Waals surface area contributed by atoms with Gasteiger partial charge in [0.1, 0.15) is 6.10 Å². The predicted octanol–water partition coefficient (Wildman–Crippen LogP) is 8.05. The molecule has 0 aliphatic heterocycles. The molecule has 0 amide bonds. The zero-order valence-electron chi connectivity index (χ0n) is 24.6. The minimum Gasteiger partial charge on any atom is -0.481 e. The molecule has 5 rings (SSSR count). The second kappa shape index (κ2) is 8.59. The van der Waals surface area contributed by atoms with E-state index in [9.17, 15) is 14.7 Å². The standard InChI is InChI=1S/C33H52O4/c1-9-26(34)37-25-14-15-30(6)23(29(25,4)5)13-16-32(8)24(30)11-10-22-27-21(20(2)3)12-17-33(27,28(35)36)19-18-31(22,32)7/h21-25,27H,2,9-19H2,1,3-8H3,(H,35,36)/t21-,22+,23-,24+,25-,27+,30-,31+,32+,33-/m0/s1. The van der Waals surface area contributed by atoms with E-state index in [-0.39, 0.29) is 39.7 Å². The van der Waals surface area contributed by atoms with Gasteiger partial charge in [-0.2, -0.15) is 0 Å². The SMILES string of the molecule is C=C(C)[C@@H]1CC[C@]2(C(=O)O)CC[C@]3(C)[C@H](CC[C@@H]4[C@@]5(C)CC[C@H](OC(=O)CC)C(C)(C)[C@@H]5CC[C@]43C)[C@@H]12. The lowest BCUT2D eigenvalue weighted by molar-refractivity contribution is -0.250. The zero-order chi connectivity index (χ0) is 27.2. The van der Waals surface area contributed by atoms with Gasteiger partial charge in [-0.3, -0.25) is 9.59 Å². The summed E-state index contributed by atoms with van der Waals surface area (Å²) in [6.07, 6.45) is 10.9. The van der Waals surface area contributed by atoms with E-state index in [0.717, 1.165) is 44.9 Å². The molecule has 0 saturated heterocycles. The van der Waals surface area contributed by atoms with Crippen molar-refractivity contribution in [3.05, 3.63) is 12.2 Å². The Balaban J connectivity index is 1.50. The molecule has 0 radical (unpaired) electrons. The van der Waals surface area contributed by atoms with Crippen molar-refractivity contribution in [1.29, 1.82) is 0 Å². The number of fused-ring (bicyclic) bond motifs is 7. The Bertz CT molecular complexity index is 983. The number of hydrogen-bond donors (Lipinski definition) is 1. The highest BCUT2D eigenvalue weighted by atomic mass is 16.5. The number of esters is 1. The van der Waals surface area contributed by atoms with Gasteiger partial charge >= 0.3 is 11.9 Å². The number of carboxylic acids is 1. The van der Waals surface area contributed by atoms with Crippen molar-refractivity contribution in [3.8, 4) is 0 Å². The van der Waals surface area contributed by atoms with Crippen molar-refractivity contribution >= 4 is 11.9 Å². The van der Waals surface area contributed by atoms with Crippen molar-refractivity contribution in [2.45, 2.75) is 125 Å². The van der Waals surface area contributed by atoms with Gasteiger partial charge in [0, 0.05) is 11.8 Å². The number of carbonyl (C=O) groups is 2. The van der Waals surface area contributed by atoms with Crippen molar-refractivity contribution in [2.75, 3.05) is 0 Å². The molecule has 5 aliphatic rings. The molecule has 10 atom stereocenters. The van der Waals surface area contributed by atoms with Crippen LogP contribution in [-0.4, -0.2) is 23.1 Å². The molecule has 0 heterocycles. The van der Waals surface area contributed by atoms with E-state index in [2.05, 4.69) is 48.1 Å². The Morgan fingerprint density at radius 3 is 2.19 bits per heavy atom. The van der Waals surface area contributed by atoms with E-state index in [1.165, 1.54) is 24.8 Å². The van der Waals surface area contributed by atoms with Gasteiger partial charge in [-0.15, -0.1) is 0 Å². The van der Waals surface area contributed by atoms with Crippen LogP contribution in [0.1, 0.15) is 119 Å². The first-order valence-corrected chi connectivity index (χ1v) is 15.3. The van der Waals surface area contributed by atoms with Crippen molar-refractivity contribution < 1.29 is 19.4 Å². The van der Waals surface area contributed by atoms with Crippen LogP contribution in [0.2, 0.25) is 0 Å². The molecule has 0 bridgehead atoms. The Labute approximate surface area is 225 Å². The Hall–Kier alpha value is -1.32. The Morgan fingerprint density at radius 2 is 1.57 bits per heavy atom. The van der Waals surface area contributed by atoms with Crippen molar-refractivity contribution in [3.63, 3.8) is 0 Å². The smallest absolute Gasteiger partial charge is 0.309 e. The summed E-state index contributed by atoms with van der Waals surface area (Å²) in [5.41, 5.74) is 1.20. The minimum atomic E-state index is -0.554. The lowest BCUT2D eigenvalue weighted by Crippen LogP contribution is -2.67. The summed E-state index contributed by atoms with van der Waals surface area (Å²) in [5.74, 6) is 1.58. The largest absolute Gasteiger partial charge is 0.481 e. The summed E-state index contributed by atoms with van der Waals surface area (Å²) in [6.45, 7) is 20.8. The summed E-state index contributed by atoms with van der Waals surface area (Å²) in [6, 6.07) is 0. The molecule has 5 fully saturated rings. The third-order valence-corrected chi connectivity index (χ3v) is 14.0. The lowest BCUT2D eigenvalue weighted by Gasteiger charge is -2.72. The summed E-state index contributed by atoms with van der Waals surface area (Å²) in [7, 11) is 0. The summed E-state index contributed by atoms with van der Waals surface area (Å²) >= 11 is 0. The number of hydrogen-bond acceptors (Lipinski definition) is 3. The molecule has 0 unspecified atom stereocenters. The first-order valence-electron chi connectivity index (χ1n) is 15.3. The number of allylic oxidation sites excluding steroid dienone is 1. The molecular weight excluding hydrogens is 460 g/mol. The van der Waals surface area contributed by atoms with Crippen LogP contribution in [0.3, 0.4) is 0 Å². The molecule has 5 saturated carbocycles. The van der Waals surface area contributed by atoms with Gasteiger partial charge in [0.05, 0.1) is 5.41 Å². The molecule has 208 valence electrons. The lowest BCUT2D eigenvalue weighted by atomic mass is 9.32. The van der Waals surface area contributed by atoms with Gasteiger partial charge in [0.2, 0.25) is 0 Å². The van der Waals surface area contributed by atoms with Crippen LogP contribution in [-0.2, 0) is 14.3 Å². The Kier molecular flexibility index (Phi) is 6.33. The van der Waals surface area contributed by atoms with Gasteiger partial charge in [-0.25, -0.2) is 0 Å². The molecule has 1 N–H and O–H groups in total. The zero-order valence-corrected chi connectivity index (χ0v) is 24.6. The number of carboxylic acid groups (broad SMARTS) is 1. The first-order chi connectivity index (χ1) is 17.2. The number of ether oxygens (including phenoxy) is 1. The molecule has 0 aromatic rings. The highest BCUT2D eigenvalue weighted by Crippen LogP contribution is 2.77. The van der Waals surface area contributed by atoms with E-state index in [0.29, 0.717) is 30.1 Å². The average molecular weight is 513 g/mol. The summed E-state index contributed by atoms with van der Waals surface area (Å²) in [4.78, 5) is 25.1. The number of carbonyl (C=O) groups excluding carboxylic acids is 1. The third-order valence-electron chi connectivity index (χ3n) is 14.0. The van der Waals surface area contributed by atoms with E-state index < -0.39 is 11.4 Å². The predicted molar refractivity (Wildman–Crippen MR) is 147 cm³/mol. The van der Waals surface area contributed by atoms with Gasteiger partial charge in [-0.05, 0) is 117 Å². The van der Waals surface area contributed by atoms with Crippen LogP contribution in [0.25, 0.3) is 0 Å². The highest BCUT2D eigenvalue weighted by Gasteiger charge is 2.72. The molecule has 0 spiro atoms. The number of aliphatic carboxylic acids is 1. The third kappa shape index (κ3) is 3.45. The fraction of sp³-hybridized carbons (Fsp3) is 0.879. The first kappa shape index (κ1) is 27.3. The van der Waals surface area contributed by atoms with Gasteiger partial charge < -0.3 is 9.84 Å². The molecule has 0 aromatic carbocycles. The van der Waals surface area contributed by atoms with Gasteiger partial charge in [-0.1, -0.05) is 53.7 Å². The minimum absolute atomic E-state index is 0.00924.